The summed E-state index contributed by atoms with van der Waals surface area (Å²) in [7, 11) is 0. The lowest BCUT2D eigenvalue weighted by atomic mass is 10.0. The molecule has 0 spiro atoms. The number of likely N-dealkylation sites (tertiary alicyclic amines) is 1. The van der Waals surface area contributed by atoms with Crippen LogP contribution in [0.2, 0.25) is 0 Å². The maximum absolute atomic E-state index is 12.4. The van der Waals surface area contributed by atoms with Gasteiger partial charge in [-0.1, -0.05) is 44.9 Å². The van der Waals surface area contributed by atoms with Gasteiger partial charge in [-0.2, -0.15) is 0 Å². The number of benzene rings is 1. The topological polar surface area (TPSA) is 41.6 Å². The Kier molecular flexibility index (Phi) is 7.92. The molecule has 0 bridgehead atoms. The number of rotatable bonds is 8. The van der Waals surface area contributed by atoms with Crippen molar-refractivity contribution in [3.63, 3.8) is 0 Å². The van der Waals surface area contributed by atoms with Crippen molar-refractivity contribution in [2.45, 2.75) is 51.5 Å². The molecule has 0 radical (unpaired) electrons. The Bertz CT molecular complexity index is 705. The highest BCUT2D eigenvalue weighted by Crippen LogP contribution is 2.27. The highest BCUT2D eigenvalue weighted by Gasteiger charge is 2.23. The van der Waals surface area contributed by atoms with Gasteiger partial charge in [0.2, 0.25) is 0 Å². The molecule has 1 aromatic carbocycles. The van der Waals surface area contributed by atoms with Crippen molar-refractivity contribution in [2.24, 2.45) is 0 Å². The van der Waals surface area contributed by atoms with Crippen LogP contribution in [0.4, 0.5) is 0 Å². The van der Waals surface area contributed by atoms with E-state index >= 15 is 0 Å². The fourth-order valence-electron chi connectivity index (χ4n) is 3.66. The molecule has 1 amide bonds. The van der Waals surface area contributed by atoms with E-state index in [1.165, 1.54) is 36.1 Å². The molecule has 2 heterocycles. The second kappa shape index (κ2) is 10.6. The van der Waals surface area contributed by atoms with Gasteiger partial charge in [0.15, 0.2) is 6.61 Å². The van der Waals surface area contributed by atoms with E-state index in [2.05, 4.69) is 53.7 Å². The quantitative estimate of drug-likeness (QED) is 0.679. The Hall–Kier alpha value is -1.85. The fourth-order valence-corrected chi connectivity index (χ4v) is 4.52. The summed E-state index contributed by atoms with van der Waals surface area (Å²) in [6, 6.07) is 12.5. The first-order chi connectivity index (χ1) is 13.6. The van der Waals surface area contributed by atoms with Crippen LogP contribution in [0, 0.1) is 0 Å². The summed E-state index contributed by atoms with van der Waals surface area (Å²) in [5.41, 5.74) is 1.27. The van der Waals surface area contributed by atoms with Crippen LogP contribution in [-0.2, 0) is 4.79 Å². The van der Waals surface area contributed by atoms with Gasteiger partial charge in [0.1, 0.15) is 5.75 Å². The fraction of sp³-hybridized carbons (Fsp3) is 0.522. The van der Waals surface area contributed by atoms with Crippen molar-refractivity contribution >= 4 is 17.2 Å². The SMILES string of the molecule is CC(C)c1ccc(OCC(=O)NC[C@H](c2cccs2)N2CCCCCC2)cc1. The molecule has 1 saturated heterocycles. The summed E-state index contributed by atoms with van der Waals surface area (Å²) < 4.78 is 5.67. The average Bonchev–Trinajstić information content (AvgIpc) is 3.09. The molecular weight excluding hydrogens is 368 g/mol. The van der Waals surface area contributed by atoms with Crippen LogP contribution in [0.1, 0.15) is 61.9 Å². The van der Waals surface area contributed by atoms with E-state index in [0.29, 0.717) is 12.5 Å². The molecule has 3 rings (SSSR count). The third-order valence-corrected chi connectivity index (χ3v) is 6.34. The van der Waals surface area contributed by atoms with E-state index in [-0.39, 0.29) is 18.6 Å². The zero-order valence-electron chi connectivity index (χ0n) is 17.0. The van der Waals surface area contributed by atoms with E-state index < -0.39 is 0 Å². The minimum atomic E-state index is -0.0654. The number of nitrogens with one attached hydrogen (secondary N) is 1. The zero-order valence-corrected chi connectivity index (χ0v) is 17.8. The van der Waals surface area contributed by atoms with Crippen molar-refractivity contribution in [2.75, 3.05) is 26.2 Å². The monoisotopic (exact) mass is 400 g/mol. The second-order valence-electron chi connectivity index (χ2n) is 7.80. The van der Waals surface area contributed by atoms with Crippen LogP contribution in [0.3, 0.4) is 0 Å². The largest absolute Gasteiger partial charge is 0.484 e. The number of ether oxygens (including phenoxy) is 1. The van der Waals surface area contributed by atoms with E-state index in [9.17, 15) is 4.79 Å². The Morgan fingerprint density at radius 3 is 2.43 bits per heavy atom. The molecule has 2 aromatic rings. The molecule has 0 unspecified atom stereocenters. The Labute approximate surface area is 172 Å². The third-order valence-electron chi connectivity index (χ3n) is 5.36. The minimum absolute atomic E-state index is 0.0538. The lowest BCUT2D eigenvalue weighted by Crippen LogP contribution is -2.39. The summed E-state index contributed by atoms with van der Waals surface area (Å²) in [6.45, 7) is 7.23. The number of nitrogens with zero attached hydrogens (tertiary/aromatic N) is 1. The van der Waals surface area contributed by atoms with Crippen molar-refractivity contribution in [3.05, 3.63) is 52.2 Å². The number of carbonyl (C=O) groups is 1. The molecule has 1 N–H and O–H groups in total. The number of hydrogen-bond donors (Lipinski definition) is 1. The smallest absolute Gasteiger partial charge is 0.258 e. The molecule has 0 saturated carbocycles. The highest BCUT2D eigenvalue weighted by molar-refractivity contribution is 7.10. The molecule has 1 aromatic heterocycles. The van der Waals surface area contributed by atoms with E-state index in [0.717, 1.165) is 18.8 Å². The Morgan fingerprint density at radius 2 is 1.82 bits per heavy atom. The van der Waals surface area contributed by atoms with E-state index in [1.807, 2.05) is 12.1 Å². The van der Waals surface area contributed by atoms with E-state index in [4.69, 9.17) is 4.74 Å². The van der Waals surface area contributed by atoms with Gasteiger partial charge in [-0.25, -0.2) is 0 Å². The maximum atomic E-state index is 12.4. The van der Waals surface area contributed by atoms with Crippen LogP contribution < -0.4 is 10.1 Å². The van der Waals surface area contributed by atoms with Gasteiger partial charge in [-0.05, 0) is 61.0 Å². The van der Waals surface area contributed by atoms with Crippen molar-refractivity contribution in [1.29, 1.82) is 0 Å². The standard InChI is InChI=1S/C23H32N2O2S/c1-18(2)19-9-11-20(12-10-19)27-17-23(26)24-16-21(22-8-7-15-28-22)25-13-5-3-4-6-14-25/h7-12,15,18,21H,3-6,13-14,16-17H2,1-2H3,(H,24,26)/t21-/m1/s1. The molecule has 1 aliphatic heterocycles. The molecule has 5 heteroatoms. The molecule has 1 fully saturated rings. The molecular formula is C23H32N2O2S. The molecule has 4 nitrogen and oxygen atoms in total. The first-order valence-corrected chi connectivity index (χ1v) is 11.3. The number of hydrogen-bond acceptors (Lipinski definition) is 4. The predicted octanol–water partition coefficient (Wildman–Crippen LogP) is 4.98. The molecule has 152 valence electrons. The molecule has 28 heavy (non-hydrogen) atoms. The van der Waals surface area contributed by atoms with Gasteiger partial charge >= 0.3 is 0 Å². The van der Waals surface area contributed by atoms with Crippen LogP contribution in [-0.4, -0.2) is 37.0 Å². The maximum Gasteiger partial charge on any atom is 0.258 e. The summed E-state index contributed by atoms with van der Waals surface area (Å²) in [6.07, 6.45) is 5.10. The molecule has 1 aliphatic rings. The predicted molar refractivity (Wildman–Crippen MR) is 116 cm³/mol. The Balaban J connectivity index is 1.51. The normalized spacial score (nSPS) is 16.5. The first kappa shape index (κ1) is 20.9. The van der Waals surface area contributed by atoms with Gasteiger partial charge in [0.25, 0.3) is 5.91 Å². The number of amides is 1. The zero-order chi connectivity index (χ0) is 19.8. The van der Waals surface area contributed by atoms with Gasteiger partial charge < -0.3 is 10.1 Å². The van der Waals surface area contributed by atoms with Crippen LogP contribution >= 0.6 is 11.3 Å². The van der Waals surface area contributed by atoms with Gasteiger partial charge in [-0.15, -0.1) is 11.3 Å². The summed E-state index contributed by atoms with van der Waals surface area (Å²) in [5.74, 6) is 1.16. The lowest BCUT2D eigenvalue weighted by Gasteiger charge is -2.30. The van der Waals surface area contributed by atoms with Crippen molar-refractivity contribution in [1.82, 2.24) is 10.2 Å². The summed E-state index contributed by atoms with van der Waals surface area (Å²) in [5, 5.41) is 5.21. The summed E-state index contributed by atoms with van der Waals surface area (Å²) >= 11 is 1.77. The van der Waals surface area contributed by atoms with Crippen molar-refractivity contribution in [3.8, 4) is 5.75 Å². The van der Waals surface area contributed by atoms with Crippen LogP contribution in [0.5, 0.6) is 5.75 Å². The van der Waals surface area contributed by atoms with E-state index in [1.54, 1.807) is 11.3 Å². The second-order valence-corrected chi connectivity index (χ2v) is 8.78. The van der Waals surface area contributed by atoms with Crippen LogP contribution in [0.25, 0.3) is 0 Å². The minimum Gasteiger partial charge on any atom is -0.484 e. The third kappa shape index (κ3) is 6.08. The first-order valence-electron chi connectivity index (χ1n) is 10.4. The number of carbonyl (C=O) groups excluding carboxylic acids is 1. The molecule has 1 atom stereocenters. The van der Waals surface area contributed by atoms with Gasteiger partial charge in [0.05, 0.1) is 6.04 Å². The lowest BCUT2D eigenvalue weighted by molar-refractivity contribution is -0.123. The van der Waals surface area contributed by atoms with Crippen molar-refractivity contribution < 1.29 is 9.53 Å². The van der Waals surface area contributed by atoms with Gasteiger partial charge in [0, 0.05) is 11.4 Å². The average molecular weight is 401 g/mol. The number of thiophene rings is 1. The van der Waals surface area contributed by atoms with Crippen LogP contribution in [0.15, 0.2) is 41.8 Å². The Morgan fingerprint density at radius 1 is 1.11 bits per heavy atom. The molecule has 0 aliphatic carbocycles. The summed E-state index contributed by atoms with van der Waals surface area (Å²) in [4.78, 5) is 16.2. The van der Waals surface area contributed by atoms with Gasteiger partial charge in [-0.3, -0.25) is 9.69 Å². The highest BCUT2D eigenvalue weighted by atomic mass is 32.1.